The highest BCUT2D eigenvalue weighted by Gasteiger charge is 2.61. The van der Waals surface area contributed by atoms with E-state index in [2.05, 4.69) is 11.6 Å². The average Bonchev–Trinajstić information content (AvgIpc) is 2.20. The zero-order valence-corrected chi connectivity index (χ0v) is 10.3. The molecule has 0 aliphatic heterocycles. The quantitative estimate of drug-likeness (QED) is 0.651. The van der Waals surface area contributed by atoms with Crippen LogP contribution in [-0.2, 0) is 4.79 Å². The van der Waals surface area contributed by atoms with Crippen LogP contribution in [0.3, 0.4) is 0 Å². The van der Waals surface area contributed by atoms with Crippen molar-refractivity contribution in [1.29, 1.82) is 0 Å². The summed E-state index contributed by atoms with van der Waals surface area (Å²) in [5.41, 5.74) is 1.45. The lowest BCUT2D eigenvalue weighted by atomic mass is 10.1. The van der Waals surface area contributed by atoms with E-state index in [9.17, 15) is 22.4 Å². The van der Waals surface area contributed by atoms with Crippen LogP contribution in [-0.4, -0.2) is 17.2 Å². The van der Waals surface area contributed by atoms with Crippen LogP contribution in [0, 0.1) is 13.8 Å². The second kappa shape index (κ2) is 4.76. The summed E-state index contributed by atoms with van der Waals surface area (Å²) < 4.78 is 49.7. The molecule has 0 saturated carbocycles. The Morgan fingerprint density at radius 2 is 1.78 bits per heavy atom. The van der Waals surface area contributed by atoms with Crippen LogP contribution in [0.25, 0.3) is 0 Å². The second-order valence-corrected chi connectivity index (χ2v) is 4.37. The Balaban J connectivity index is 2.95. The molecular formula is C11H10ClF4NO. The molecule has 1 aromatic rings. The number of carbonyl (C=O) groups is 1. The summed E-state index contributed by atoms with van der Waals surface area (Å²) in [5.74, 6) is -1.95. The molecule has 0 spiro atoms. The van der Waals surface area contributed by atoms with E-state index in [0.29, 0.717) is 5.56 Å². The molecule has 2 nitrogen and oxygen atoms in total. The molecule has 100 valence electrons. The summed E-state index contributed by atoms with van der Waals surface area (Å²) in [6.07, 6.45) is -5.47. The van der Waals surface area contributed by atoms with E-state index in [1.54, 1.807) is 26.0 Å². The third-order valence-electron chi connectivity index (χ3n) is 2.27. The standard InChI is InChI=1S/C11H10ClF4NO/c1-6-3-4-8(7(2)5-6)17-9(18)10(12,13)11(14,15)16/h3-5H,1-2H3,(H,17,18)/t10-/m1/s1. The van der Waals surface area contributed by atoms with Crippen molar-refractivity contribution >= 4 is 23.2 Å². The monoisotopic (exact) mass is 283 g/mol. The van der Waals surface area contributed by atoms with Crippen molar-refractivity contribution in [3.8, 4) is 0 Å². The summed E-state index contributed by atoms with van der Waals surface area (Å²) >= 11 is 4.59. The first-order valence-electron chi connectivity index (χ1n) is 4.89. The van der Waals surface area contributed by atoms with Crippen molar-refractivity contribution in [2.24, 2.45) is 0 Å². The summed E-state index contributed by atoms with van der Waals surface area (Å²) in [5, 5.41) is -2.62. The normalized spacial score (nSPS) is 15.1. The molecule has 7 heteroatoms. The van der Waals surface area contributed by atoms with E-state index in [1.165, 1.54) is 6.07 Å². The fourth-order valence-corrected chi connectivity index (χ4v) is 1.33. The van der Waals surface area contributed by atoms with Crippen LogP contribution in [0.4, 0.5) is 23.2 Å². The molecule has 0 heterocycles. The molecule has 1 N–H and O–H groups in total. The Bertz CT molecular complexity index is 471. The lowest BCUT2D eigenvalue weighted by Crippen LogP contribution is -2.46. The molecule has 0 aliphatic rings. The SMILES string of the molecule is Cc1ccc(NC(=O)[C@](F)(Cl)C(F)(F)F)c(C)c1. The number of hydrogen-bond acceptors (Lipinski definition) is 1. The average molecular weight is 284 g/mol. The van der Waals surface area contributed by atoms with Gasteiger partial charge in [0.1, 0.15) is 0 Å². The lowest BCUT2D eigenvalue weighted by molar-refractivity contribution is -0.197. The van der Waals surface area contributed by atoms with Crippen molar-refractivity contribution in [3.05, 3.63) is 29.3 Å². The lowest BCUT2D eigenvalue weighted by Gasteiger charge is -2.20. The summed E-state index contributed by atoms with van der Waals surface area (Å²) in [7, 11) is 0. The van der Waals surface area contributed by atoms with Crippen LogP contribution in [0.2, 0.25) is 0 Å². The Morgan fingerprint density at radius 3 is 2.22 bits per heavy atom. The highest BCUT2D eigenvalue weighted by atomic mass is 35.5. The first-order valence-corrected chi connectivity index (χ1v) is 5.27. The van der Waals surface area contributed by atoms with Gasteiger partial charge in [-0.3, -0.25) is 4.79 Å². The van der Waals surface area contributed by atoms with Crippen LogP contribution in [0.5, 0.6) is 0 Å². The fraction of sp³-hybridized carbons (Fsp3) is 0.364. The predicted octanol–water partition coefficient (Wildman–Crippen LogP) is 3.71. The van der Waals surface area contributed by atoms with Gasteiger partial charge in [-0.05, 0) is 25.5 Å². The minimum absolute atomic E-state index is 0.0810. The largest absolute Gasteiger partial charge is 0.446 e. The van der Waals surface area contributed by atoms with Gasteiger partial charge >= 0.3 is 11.3 Å². The van der Waals surface area contributed by atoms with Gasteiger partial charge in [-0.1, -0.05) is 29.3 Å². The molecular weight excluding hydrogens is 274 g/mol. The third kappa shape index (κ3) is 2.93. The molecule has 0 radical (unpaired) electrons. The second-order valence-electron chi connectivity index (χ2n) is 3.84. The smallest absolute Gasteiger partial charge is 0.322 e. The molecule has 0 aliphatic carbocycles. The highest BCUT2D eigenvalue weighted by molar-refractivity contribution is 6.36. The molecule has 18 heavy (non-hydrogen) atoms. The van der Waals surface area contributed by atoms with Crippen molar-refractivity contribution in [2.45, 2.75) is 25.2 Å². The van der Waals surface area contributed by atoms with Gasteiger partial charge in [0.15, 0.2) is 0 Å². The van der Waals surface area contributed by atoms with Crippen molar-refractivity contribution in [1.82, 2.24) is 0 Å². The molecule has 0 aromatic heterocycles. The summed E-state index contributed by atoms with van der Waals surface area (Å²) in [4.78, 5) is 11.2. The zero-order valence-electron chi connectivity index (χ0n) is 9.53. The van der Waals surface area contributed by atoms with Gasteiger partial charge in [0.2, 0.25) is 0 Å². The molecule has 0 saturated heterocycles. The van der Waals surface area contributed by atoms with Crippen LogP contribution >= 0.6 is 11.6 Å². The molecule has 1 rings (SSSR count). The number of carbonyl (C=O) groups excluding carboxylic acids is 1. The third-order valence-corrected chi connectivity index (χ3v) is 2.66. The molecule has 1 atom stereocenters. The number of anilines is 1. The first kappa shape index (κ1) is 14.8. The first-order chi connectivity index (χ1) is 8.05. The van der Waals surface area contributed by atoms with Crippen LogP contribution in [0.15, 0.2) is 18.2 Å². The maximum atomic E-state index is 13.1. The Morgan fingerprint density at radius 1 is 1.22 bits per heavy atom. The van der Waals surface area contributed by atoms with Crippen molar-refractivity contribution < 1.29 is 22.4 Å². The number of hydrogen-bond donors (Lipinski definition) is 1. The van der Waals surface area contributed by atoms with E-state index < -0.39 is 17.2 Å². The molecule has 1 aromatic carbocycles. The van der Waals surface area contributed by atoms with Gasteiger partial charge in [0.25, 0.3) is 5.91 Å². The van der Waals surface area contributed by atoms with E-state index in [0.717, 1.165) is 5.56 Å². The van der Waals surface area contributed by atoms with E-state index >= 15 is 0 Å². The number of amides is 1. The number of alkyl halides is 5. The van der Waals surface area contributed by atoms with Gasteiger partial charge < -0.3 is 5.32 Å². The predicted molar refractivity (Wildman–Crippen MR) is 60.3 cm³/mol. The van der Waals surface area contributed by atoms with E-state index in [1.807, 2.05) is 5.32 Å². The van der Waals surface area contributed by atoms with Crippen molar-refractivity contribution in [2.75, 3.05) is 5.32 Å². The maximum absolute atomic E-state index is 13.1. The van der Waals surface area contributed by atoms with E-state index in [-0.39, 0.29) is 5.69 Å². The van der Waals surface area contributed by atoms with Crippen molar-refractivity contribution in [3.63, 3.8) is 0 Å². The van der Waals surface area contributed by atoms with Gasteiger partial charge in [-0.2, -0.15) is 13.2 Å². The van der Waals surface area contributed by atoms with Crippen LogP contribution < -0.4 is 5.32 Å². The highest BCUT2D eigenvalue weighted by Crippen LogP contribution is 2.38. The molecule has 0 bridgehead atoms. The zero-order chi connectivity index (χ0) is 14.1. The Hall–Kier alpha value is -1.30. The summed E-state index contributed by atoms with van der Waals surface area (Å²) in [6.45, 7) is 3.35. The van der Waals surface area contributed by atoms with Gasteiger partial charge in [-0.15, -0.1) is 0 Å². The minimum Gasteiger partial charge on any atom is -0.322 e. The van der Waals surface area contributed by atoms with Crippen LogP contribution in [0.1, 0.15) is 11.1 Å². The number of benzene rings is 1. The van der Waals surface area contributed by atoms with E-state index in [4.69, 9.17) is 0 Å². The molecule has 1 amide bonds. The Labute approximate surface area is 106 Å². The number of halogens is 5. The molecule has 0 fully saturated rings. The fourth-order valence-electron chi connectivity index (χ4n) is 1.28. The Kier molecular flexibility index (Phi) is 3.90. The number of nitrogens with one attached hydrogen (secondary N) is 1. The topological polar surface area (TPSA) is 29.1 Å². The number of aryl methyl sites for hydroxylation is 2. The number of rotatable bonds is 2. The molecule has 0 unspecified atom stereocenters. The summed E-state index contributed by atoms with van der Waals surface area (Å²) in [6, 6.07) is 4.59. The maximum Gasteiger partial charge on any atom is 0.446 e. The minimum atomic E-state index is -5.47. The van der Waals surface area contributed by atoms with Gasteiger partial charge in [0.05, 0.1) is 0 Å². The van der Waals surface area contributed by atoms with Gasteiger partial charge in [0, 0.05) is 5.69 Å². The van der Waals surface area contributed by atoms with Gasteiger partial charge in [-0.25, -0.2) is 4.39 Å².